The molecule has 0 spiro atoms. The maximum Gasteiger partial charge on any atom is 0.317 e. The van der Waals surface area contributed by atoms with Crippen molar-refractivity contribution in [2.45, 2.75) is 18.9 Å². The molecule has 1 atom stereocenters. The van der Waals surface area contributed by atoms with Crippen LogP contribution in [0.15, 0.2) is 0 Å². The van der Waals surface area contributed by atoms with E-state index in [1.165, 1.54) is 0 Å². The maximum atomic E-state index is 11.0. The van der Waals surface area contributed by atoms with E-state index in [1.54, 1.807) is 0 Å². The van der Waals surface area contributed by atoms with Crippen molar-refractivity contribution in [1.82, 2.24) is 0 Å². The highest BCUT2D eigenvalue weighted by molar-refractivity contribution is 9.72. The minimum absolute atomic E-state index is 0.232. The molecule has 0 aromatic rings. The largest absolute Gasteiger partial charge is 0.393 e. The van der Waals surface area contributed by atoms with Gasteiger partial charge in [0.15, 0.2) is 0 Å². The van der Waals surface area contributed by atoms with Crippen molar-refractivity contribution in [1.29, 1.82) is 0 Å². The lowest BCUT2D eigenvalue weighted by atomic mass is 10.1. The predicted molar refractivity (Wildman–Crippen MR) is 61.2 cm³/mol. The van der Waals surface area contributed by atoms with Crippen LogP contribution in [-0.2, 0) is 14.3 Å². The Bertz CT molecular complexity index is 238. The van der Waals surface area contributed by atoms with Crippen LogP contribution < -0.4 is 0 Å². The van der Waals surface area contributed by atoms with E-state index in [-0.39, 0.29) is 18.3 Å². The first-order valence-electron chi connectivity index (χ1n) is 3.70. The summed E-state index contributed by atoms with van der Waals surface area (Å²) in [5.41, 5.74) is 0. The van der Waals surface area contributed by atoms with Crippen LogP contribution in [0.3, 0.4) is 0 Å². The van der Waals surface area contributed by atoms with Crippen LogP contribution >= 0.6 is 45.9 Å². The number of ether oxygens (including phenoxy) is 1. The summed E-state index contributed by atoms with van der Waals surface area (Å²) < 4.78 is 2.77. The molecule has 0 N–H and O–H groups in total. The van der Waals surface area contributed by atoms with Crippen LogP contribution in [0.25, 0.3) is 0 Å². The Hall–Kier alpha value is 0.797. The lowest BCUT2D eigenvalue weighted by Crippen LogP contribution is -2.13. The summed E-state index contributed by atoms with van der Waals surface area (Å²) in [5, 5.41) is 0. The fourth-order valence-corrected chi connectivity index (χ4v) is 3.82. The van der Waals surface area contributed by atoms with Crippen molar-refractivity contribution >= 4 is 61.7 Å². The molecule has 1 rings (SSSR count). The molecule has 0 saturated carbocycles. The summed E-state index contributed by atoms with van der Waals surface area (Å²) in [6.07, 6.45) is 0.912. The van der Waals surface area contributed by atoms with E-state index < -0.39 is 9.90 Å². The van der Waals surface area contributed by atoms with Gasteiger partial charge in [-0.05, 0) is 12.5 Å². The molecule has 74 valence electrons. The Morgan fingerprint density at radius 2 is 2.00 bits per heavy atom. The minimum atomic E-state index is -1.66. The quantitative estimate of drug-likeness (QED) is 0.320. The summed E-state index contributed by atoms with van der Waals surface area (Å²) >= 11 is 10.4. The SMILES string of the molecule is O=C1CC(CC[Si](Br)(Br)Br)C(=O)O1. The third kappa shape index (κ3) is 4.22. The molecule has 7 heteroatoms. The molecular weight excluding hydrogens is 388 g/mol. The lowest BCUT2D eigenvalue weighted by molar-refractivity contribution is -0.153. The highest BCUT2D eigenvalue weighted by Gasteiger charge is 2.35. The topological polar surface area (TPSA) is 43.4 Å². The number of hydrogen-bond donors (Lipinski definition) is 0. The van der Waals surface area contributed by atoms with E-state index in [1.807, 2.05) is 0 Å². The highest BCUT2D eigenvalue weighted by Crippen LogP contribution is 2.36. The van der Waals surface area contributed by atoms with E-state index in [9.17, 15) is 9.59 Å². The summed E-state index contributed by atoms with van der Waals surface area (Å²) in [7, 11) is 0. The zero-order chi connectivity index (χ0) is 10.1. The van der Waals surface area contributed by atoms with Gasteiger partial charge in [-0.2, -0.15) is 0 Å². The van der Waals surface area contributed by atoms with Gasteiger partial charge in [-0.1, -0.05) is 45.9 Å². The van der Waals surface area contributed by atoms with Crippen molar-refractivity contribution in [2.75, 3.05) is 0 Å². The summed E-state index contributed by atoms with van der Waals surface area (Å²) in [6.45, 7) is 0. The lowest BCUT2D eigenvalue weighted by Gasteiger charge is -2.09. The number of esters is 2. The molecule has 0 aromatic heterocycles. The van der Waals surface area contributed by atoms with Crippen LogP contribution in [0.5, 0.6) is 0 Å². The Balaban J connectivity index is 2.38. The molecule has 0 bridgehead atoms. The third-order valence-corrected chi connectivity index (χ3v) is 6.16. The van der Waals surface area contributed by atoms with Crippen molar-refractivity contribution in [3.8, 4) is 0 Å². The number of carbonyl (C=O) groups is 2. The Morgan fingerprint density at radius 1 is 1.38 bits per heavy atom. The number of halogens is 3. The van der Waals surface area contributed by atoms with Gasteiger partial charge in [0.25, 0.3) is 3.93 Å². The first-order chi connectivity index (χ1) is 5.88. The number of cyclic esters (lactones) is 2. The number of carbonyl (C=O) groups excluding carboxylic acids is 2. The van der Waals surface area contributed by atoms with Gasteiger partial charge < -0.3 is 4.74 Å². The summed E-state index contributed by atoms with van der Waals surface area (Å²) in [6, 6.07) is 0.833. The van der Waals surface area contributed by atoms with E-state index in [2.05, 4.69) is 50.6 Å². The molecule has 13 heavy (non-hydrogen) atoms. The van der Waals surface area contributed by atoms with Gasteiger partial charge in [0.2, 0.25) is 0 Å². The van der Waals surface area contributed by atoms with Gasteiger partial charge in [-0.3, -0.25) is 9.59 Å². The van der Waals surface area contributed by atoms with E-state index >= 15 is 0 Å². The van der Waals surface area contributed by atoms with Crippen molar-refractivity contribution < 1.29 is 14.3 Å². The highest BCUT2D eigenvalue weighted by atomic mass is 80.0. The molecule has 1 saturated heterocycles. The number of hydrogen-bond acceptors (Lipinski definition) is 3. The monoisotopic (exact) mass is 392 g/mol. The molecule has 1 fully saturated rings. The second-order valence-electron chi connectivity index (χ2n) is 2.85. The molecule has 1 aliphatic heterocycles. The fraction of sp³-hybridized carbons (Fsp3) is 0.667. The van der Waals surface area contributed by atoms with Crippen molar-refractivity contribution in [3.63, 3.8) is 0 Å². The van der Waals surface area contributed by atoms with Crippen LogP contribution in [0.2, 0.25) is 6.04 Å². The third-order valence-electron chi connectivity index (χ3n) is 1.74. The van der Waals surface area contributed by atoms with Gasteiger partial charge in [-0.25, -0.2) is 0 Å². The van der Waals surface area contributed by atoms with E-state index in [0.29, 0.717) is 6.42 Å². The van der Waals surface area contributed by atoms with Gasteiger partial charge in [-0.15, -0.1) is 0 Å². The Labute approximate surface area is 100 Å². The maximum absolute atomic E-state index is 11.0. The predicted octanol–water partition coefficient (Wildman–Crippen LogP) is 2.59. The average molecular weight is 395 g/mol. The van der Waals surface area contributed by atoms with Crippen LogP contribution in [0, 0.1) is 5.92 Å². The number of rotatable bonds is 3. The summed E-state index contributed by atoms with van der Waals surface area (Å²) in [4.78, 5) is 21.7. The molecule has 0 aromatic carbocycles. The first kappa shape index (κ1) is 11.9. The van der Waals surface area contributed by atoms with Gasteiger partial charge >= 0.3 is 11.9 Å². The van der Waals surface area contributed by atoms with E-state index in [4.69, 9.17) is 0 Å². The molecule has 0 radical (unpaired) electrons. The van der Waals surface area contributed by atoms with Crippen LogP contribution in [0.4, 0.5) is 0 Å². The zero-order valence-corrected chi connectivity index (χ0v) is 12.3. The zero-order valence-electron chi connectivity index (χ0n) is 6.56. The van der Waals surface area contributed by atoms with Crippen molar-refractivity contribution in [3.05, 3.63) is 0 Å². The fourth-order valence-electron chi connectivity index (χ4n) is 1.08. The van der Waals surface area contributed by atoms with Gasteiger partial charge in [0, 0.05) is 0 Å². The second kappa shape index (κ2) is 4.54. The Kier molecular flexibility index (Phi) is 4.15. The normalized spacial score (nSPS) is 23.5. The van der Waals surface area contributed by atoms with E-state index in [0.717, 1.165) is 6.04 Å². The average Bonchev–Trinajstić information content (AvgIpc) is 2.24. The molecule has 3 nitrogen and oxygen atoms in total. The molecule has 1 heterocycles. The standard InChI is InChI=1S/C6H7Br3O3Si/c7-13(8,9)2-1-4-3-5(10)12-6(4)11/h4H,1-3H2. The smallest absolute Gasteiger partial charge is 0.317 e. The second-order valence-corrected chi connectivity index (χ2v) is 26.3. The molecular formula is C6H7Br3O3Si. The minimum Gasteiger partial charge on any atom is -0.393 e. The summed E-state index contributed by atoms with van der Waals surface area (Å²) in [5.74, 6) is -1.02. The first-order valence-corrected chi connectivity index (χ1v) is 12.7. The van der Waals surface area contributed by atoms with Crippen LogP contribution in [-0.4, -0.2) is 15.9 Å². The molecule has 1 aliphatic rings. The Morgan fingerprint density at radius 3 is 2.38 bits per heavy atom. The molecule has 0 aliphatic carbocycles. The molecule has 1 unspecified atom stereocenters. The van der Waals surface area contributed by atoms with Crippen LogP contribution in [0.1, 0.15) is 12.8 Å². The molecule has 0 amide bonds. The van der Waals surface area contributed by atoms with Crippen molar-refractivity contribution in [2.24, 2.45) is 5.92 Å². The van der Waals surface area contributed by atoms with Gasteiger partial charge in [0.1, 0.15) is 0 Å². The van der Waals surface area contributed by atoms with Gasteiger partial charge in [0.05, 0.1) is 12.3 Å².